The number of hydrogen-bond acceptors (Lipinski definition) is 7. The molecule has 3 amide bonds. The molecule has 1 aromatic rings. The average molecular weight is 444 g/mol. The van der Waals surface area contributed by atoms with Gasteiger partial charge in [0.15, 0.2) is 11.5 Å². The van der Waals surface area contributed by atoms with E-state index in [-0.39, 0.29) is 42.0 Å². The molecule has 0 aromatic heterocycles. The van der Waals surface area contributed by atoms with Crippen LogP contribution in [0, 0.1) is 0 Å². The molecule has 0 radical (unpaired) electrons. The highest BCUT2D eigenvalue weighted by molar-refractivity contribution is 8.18. The predicted octanol–water partition coefficient (Wildman–Crippen LogP) is 2.88. The Morgan fingerprint density at radius 2 is 2.07 bits per heavy atom. The molecule has 1 aliphatic rings. The van der Waals surface area contributed by atoms with Crippen LogP contribution in [0.25, 0.3) is 6.08 Å². The van der Waals surface area contributed by atoms with Gasteiger partial charge in [-0.2, -0.15) is 8.78 Å². The Labute approximate surface area is 176 Å². The lowest BCUT2D eigenvalue weighted by Crippen LogP contribution is -2.38. The molecule has 0 unspecified atom stereocenters. The van der Waals surface area contributed by atoms with Gasteiger partial charge in [-0.3, -0.25) is 19.3 Å². The number of nitrogens with zero attached hydrogens (tertiary/aromatic N) is 1. The van der Waals surface area contributed by atoms with Crippen LogP contribution in [0.2, 0.25) is 0 Å². The number of halogens is 2. The molecule has 0 aliphatic carbocycles. The summed E-state index contributed by atoms with van der Waals surface area (Å²) in [5, 5.41) is 2.12. The van der Waals surface area contributed by atoms with Gasteiger partial charge in [-0.05, 0) is 42.0 Å². The number of imide groups is 1. The number of methoxy groups -OCH3 is 1. The Hall–Kier alpha value is -2.66. The largest absolute Gasteiger partial charge is 0.493 e. The summed E-state index contributed by atoms with van der Waals surface area (Å²) in [6.45, 7) is -0.559. The molecule has 164 valence electrons. The van der Waals surface area contributed by atoms with Crippen LogP contribution in [-0.2, 0) is 14.3 Å². The van der Waals surface area contributed by atoms with Crippen LogP contribution >= 0.6 is 11.8 Å². The number of rotatable bonds is 11. The van der Waals surface area contributed by atoms with Gasteiger partial charge >= 0.3 is 6.61 Å². The molecule has 1 fully saturated rings. The summed E-state index contributed by atoms with van der Waals surface area (Å²) in [5.74, 6) is -0.912. The minimum absolute atomic E-state index is 0.0199. The first-order valence-electron chi connectivity index (χ1n) is 9.08. The van der Waals surface area contributed by atoms with Gasteiger partial charge in [0.25, 0.3) is 11.1 Å². The van der Waals surface area contributed by atoms with Crippen LogP contribution in [-0.4, -0.2) is 62.0 Å². The second-order valence-electron chi connectivity index (χ2n) is 6.02. The molecule has 30 heavy (non-hydrogen) atoms. The van der Waals surface area contributed by atoms with Crippen LogP contribution in [0.1, 0.15) is 18.9 Å². The van der Waals surface area contributed by atoms with Gasteiger partial charge in [-0.25, -0.2) is 0 Å². The van der Waals surface area contributed by atoms with E-state index in [4.69, 9.17) is 9.47 Å². The van der Waals surface area contributed by atoms with Crippen LogP contribution in [0.15, 0.2) is 23.1 Å². The van der Waals surface area contributed by atoms with E-state index in [1.54, 1.807) is 0 Å². The molecular weight excluding hydrogens is 422 g/mol. The zero-order valence-corrected chi connectivity index (χ0v) is 17.3. The zero-order chi connectivity index (χ0) is 22.1. The standard InChI is InChI=1S/C19H22F2N2O6S/c1-3-8-28-11-16(24)22-6-7-23-17(25)15(30-19(23)26)10-12-4-5-13(29-18(20)21)14(9-12)27-2/h4-5,9-10,18H,3,6-8,11H2,1-2H3,(H,22,24)/b15-10+. The van der Waals surface area contributed by atoms with Gasteiger partial charge in [0.05, 0.1) is 12.0 Å². The number of carbonyl (C=O) groups is 3. The van der Waals surface area contributed by atoms with E-state index < -0.39 is 17.8 Å². The van der Waals surface area contributed by atoms with Crippen molar-refractivity contribution in [3.8, 4) is 11.5 Å². The number of carbonyl (C=O) groups excluding carboxylic acids is 3. The fourth-order valence-electron chi connectivity index (χ4n) is 2.48. The van der Waals surface area contributed by atoms with Crippen LogP contribution < -0.4 is 14.8 Å². The van der Waals surface area contributed by atoms with Gasteiger partial charge in [-0.1, -0.05) is 13.0 Å². The summed E-state index contributed by atoms with van der Waals surface area (Å²) in [6, 6.07) is 4.17. The van der Waals surface area contributed by atoms with Gasteiger partial charge in [0.1, 0.15) is 6.61 Å². The van der Waals surface area contributed by atoms with Crippen molar-refractivity contribution in [1.82, 2.24) is 10.2 Å². The summed E-state index contributed by atoms with van der Waals surface area (Å²) in [6.07, 6.45) is 2.25. The lowest BCUT2D eigenvalue weighted by atomic mass is 10.2. The summed E-state index contributed by atoms with van der Waals surface area (Å²) in [5.41, 5.74) is 0.473. The maximum Gasteiger partial charge on any atom is 0.387 e. The number of ether oxygens (including phenoxy) is 3. The summed E-state index contributed by atoms with van der Waals surface area (Å²) in [4.78, 5) is 37.4. The molecule has 1 aliphatic heterocycles. The van der Waals surface area contributed by atoms with Crippen molar-refractivity contribution in [2.45, 2.75) is 20.0 Å². The predicted molar refractivity (Wildman–Crippen MR) is 106 cm³/mol. The molecule has 11 heteroatoms. The summed E-state index contributed by atoms with van der Waals surface area (Å²) >= 11 is 0.750. The van der Waals surface area contributed by atoms with E-state index in [1.165, 1.54) is 31.4 Å². The SMILES string of the molecule is CCCOCC(=O)NCCN1C(=O)S/C(=C/c2ccc(OC(F)F)c(OC)c2)C1=O. The van der Waals surface area contributed by atoms with E-state index in [0.717, 1.165) is 23.1 Å². The smallest absolute Gasteiger partial charge is 0.387 e. The van der Waals surface area contributed by atoms with E-state index in [0.29, 0.717) is 12.2 Å². The molecule has 1 heterocycles. The third-order valence-electron chi connectivity index (χ3n) is 3.81. The lowest BCUT2D eigenvalue weighted by molar-refractivity contribution is -0.126. The zero-order valence-electron chi connectivity index (χ0n) is 16.5. The van der Waals surface area contributed by atoms with Crippen molar-refractivity contribution >= 4 is 34.9 Å². The number of thioether (sulfide) groups is 1. The highest BCUT2D eigenvalue weighted by Gasteiger charge is 2.34. The van der Waals surface area contributed by atoms with Crippen LogP contribution in [0.3, 0.4) is 0 Å². The maximum absolute atomic E-state index is 12.5. The minimum atomic E-state index is -3.00. The number of amides is 3. The Kier molecular flexibility index (Phi) is 9.06. The van der Waals surface area contributed by atoms with Crippen molar-refractivity contribution in [2.75, 3.05) is 33.4 Å². The lowest BCUT2D eigenvalue weighted by Gasteiger charge is -2.13. The van der Waals surface area contributed by atoms with Gasteiger partial charge in [0, 0.05) is 19.7 Å². The molecule has 2 rings (SSSR count). The Bertz CT molecular complexity index is 818. The molecule has 0 atom stereocenters. The topological polar surface area (TPSA) is 94.2 Å². The van der Waals surface area contributed by atoms with E-state index in [9.17, 15) is 23.2 Å². The van der Waals surface area contributed by atoms with Crippen molar-refractivity contribution in [3.63, 3.8) is 0 Å². The first-order valence-corrected chi connectivity index (χ1v) is 9.90. The van der Waals surface area contributed by atoms with Crippen LogP contribution in [0.5, 0.6) is 11.5 Å². The molecule has 1 N–H and O–H groups in total. The highest BCUT2D eigenvalue weighted by Crippen LogP contribution is 2.34. The average Bonchev–Trinajstić information content (AvgIpc) is 2.96. The first kappa shape index (κ1) is 23.6. The monoisotopic (exact) mass is 444 g/mol. The second kappa shape index (κ2) is 11.5. The highest BCUT2D eigenvalue weighted by atomic mass is 32.2. The number of alkyl halides is 2. The van der Waals surface area contributed by atoms with Gasteiger partial charge in [0.2, 0.25) is 5.91 Å². The molecule has 0 bridgehead atoms. The van der Waals surface area contributed by atoms with Crippen molar-refractivity contribution in [3.05, 3.63) is 28.7 Å². The second-order valence-corrected chi connectivity index (χ2v) is 7.02. The minimum Gasteiger partial charge on any atom is -0.493 e. The maximum atomic E-state index is 12.5. The molecule has 1 aromatic carbocycles. The quantitative estimate of drug-likeness (QED) is 0.414. The Morgan fingerprint density at radius 3 is 2.73 bits per heavy atom. The van der Waals surface area contributed by atoms with Gasteiger partial charge < -0.3 is 19.5 Å². The Balaban J connectivity index is 1.98. The van der Waals surface area contributed by atoms with Crippen molar-refractivity contribution in [1.29, 1.82) is 0 Å². The number of benzene rings is 1. The fourth-order valence-corrected chi connectivity index (χ4v) is 3.34. The van der Waals surface area contributed by atoms with E-state index >= 15 is 0 Å². The first-order chi connectivity index (χ1) is 14.3. The summed E-state index contributed by atoms with van der Waals surface area (Å²) in [7, 11) is 1.30. The molecule has 0 spiro atoms. The normalized spacial score (nSPS) is 15.2. The van der Waals surface area contributed by atoms with Crippen molar-refractivity contribution in [2.24, 2.45) is 0 Å². The number of hydrogen-bond donors (Lipinski definition) is 1. The molecule has 8 nitrogen and oxygen atoms in total. The van der Waals surface area contributed by atoms with E-state index in [2.05, 4.69) is 10.1 Å². The van der Waals surface area contributed by atoms with Gasteiger partial charge in [-0.15, -0.1) is 0 Å². The molecular formula is C19H22F2N2O6S. The fraction of sp³-hybridized carbons (Fsp3) is 0.421. The van der Waals surface area contributed by atoms with E-state index in [1.807, 2.05) is 6.92 Å². The van der Waals surface area contributed by atoms with Crippen molar-refractivity contribution < 1.29 is 37.4 Å². The molecule has 0 saturated carbocycles. The third-order valence-corrected chi connectivity index (χ3v) is 4.72. The van der Waals surface area contributed by atoms with Crippen LogP contribution in [0.4, 0.5) is 13.6 Å². The molecule has 1 saturated heterocycles. The number of nitrogens with one attached hydrogen (secondary N) is 1. The Morgan fingerprint density at radius 1 is 1.30 bits per heavy atom. The summed E-state index contributed by atoms with van der Waals surface area (Å²) < 4.78 is 39.3. The third kappa shape index (κ3) is 6.70.